The maximum absolute atomic E-state index is 13.2. The average Bonchev–Trinajstić information content (AvgIpc) is 3.15. The Bertz CT molecular complexity index is 1240. The molecule has 0 saturated heterocycles. The number of pyridine rings is 2. The van der Waals surface area contributed by atoms with Gasteiger partial charge in [0.15, 0.2) is 0 Å². The Balaban J connectivity index is 1.50. The maximum Gasteiger partial charge on any atom is 0.339 e. The van der Waals surface area contributed by atoms with Crippen molar-refractivity contribution in [3.63, 3.8) is 0 Å². The van der Waals surface area contributed by atoms with Crippen molar-refractivity contribution in [2.45, 2.75) is 39.7 Å². The number of benzene rings is 1. The van der Waals surface area contributed by atoms with Crippen LogP contribution in [0.2, 0.25) is 0 Å². The van der Waals surface area contributed by atoms with Crippen molar-refractivity contribution >= 4 is 22.5 Å². The van der Waals surface area contributed by atoms with Crippen LogP contribution >= 0.6 is 0 Å². The van der Waals surface area contributed by atoms with E-state index in [1.54, 1.807) is 0 Å². The van der Waals surface area contributed by atoms with Gasteiger partial charge < -0.3 is 9.14 Å². The number of para-hydroxylation sites is 1. The van der Waals surface area contributed by atoms with Crippen molar-refractivity contribution < 1.29 is 9.53 Å². The third-order valence-corrected chi connectivity index (χ3v) is 5.79. The van der Waals surface area contributed by atoms with Crippen molar-refractivity contribution in [3.05, 3.63) is 76.9 Å². The van der Waals surface area contributed by atoms with E-state index in [1.807, 2.05) is 60.1 Å². The van der Waals surface area contributed by atoms with Crippen LogP contribution in [0.25, 0.3) is 16.6 Å². The second kappa shape index (κ2) is 6.99. The molecule has 29 heavy (non-hydrogen) atoms. The second-order valence-corrected chi connectivity index (χ2v) is 8.01. The van der Waals surface area contributed by atoms with E-state index in [1.165, 1.54) is 0 Å². The van der Waals surface area contributed by atoms with Crippen LogP contribution in [0.1, 0.15) is 46.2 Å². The molecule has 0 amide bonds. The van der Waals surface area contributed by atoms with Gasteiger partial charge in [0, 0.05) is 23.5 Å². The summed E-state index contributed by atoms with van der Waals surface area (Å²) in [6.45, 7) is 4.40. The lowest BCUT2D eigenvalue weighted by Gasteiger charge is -2.24. The summed E-state index contributed by atoms with van der Waals surface area (Å²) in [5, 5.41) is 0.871. The molecule has 0 N–H and O–H groups in total. The van der Waals surface area contributed by atoms with Crippen LogP contribution in [0.5, 0.6) is 0 Å². The van der Waals surface area contributed by atoms with Crippen LogP contribution < -0.4 is 0 Å². The highest BCUT2D eigenvalue weighted by molar-refractivity contribution is 6.05. The first-order chi connectivity index (χ1) is 14.1. The summed E-state index contributed by atoms with van der Waals surface area (Å²) in [4.78, 5) is 22.6. The number of esters is 1. The fourth-order valence-electron chi connectivity index (χ4n) is 4.28. The molecule has 5 heteroatoms. The van der Waals surface area contributed by atoms with E-state index in [2.05, 4.69) is 11.9 Å². The molecule has 0 radical (unpaired) electrons. The summed E-state index contributed by atoms with van der Waals surface area (Å²) in [6, 6.07) is 11.8. The van der Waals surface area contributed by atoms with Crippen molar-refractivity contribution in [2.24, 2.45) is 5.92 Å². The molecule has 1 aliphatic rings. The summed E-state index contributed by atoms with van der Waals surface area (Å²) >= 11 is 0. The Kier molecular flexibility index (Phi) is 4.31. The van der Waals surface area contributed by atoms with E-state index in [0.717, 1.165) is 58.3 Å². The van der Waals surface area contributed by atoms with Crippen LogP contribution in [0.4, 0.5) is 0 Å². The van der Waals surface area contributed by atoms with Crippen molar-refractivity contribution in [1.29, 1.82) is 0 Å². The highest BCUT2D eigenvalue weighted by atomic mass is 16.5. The maximum atomic E-state index is 13.2. The lowest BCUT2D eigenvalue weighted by Crippen LogP contribution is -2.19. The largest absolute Gasteiger partial charge is 0.455 e. The van der Waals surface area contributed by atoms with Gasteiger partial charge in [-0.2, -0.15) is 0 Å². The van der Waals surface area contributed by atoms with Gasteiger partial charge in [0.05, 0.1) is 16.8 Å². The third-order valence-electron chi connectivity index (χ3n) is 5.79. The van der Waals surface area contributed by atoms with Crippen LogP contribution in [0.3, 0.4) is 0 Å². The molecule has 3 heterocycles. The Morgan fingerprint density at radius 2 is 2.07 bits per heavy atom. The van der Waals surface area contributed by atoms with Gasteiger partial charge >= 0.3 is 5.97 Å². The molecule has 5 nitrogen and oxygen atoms in total. The number of rotatable bonds is 3. The number of aryl methyl sites for hydroxylation is 2. The number of fused-ring (bicyclic) bond motifs is 3. The zero-order chi connectivity index (χ0) is 20.0. The molecule has 3 aromatic heterocycles. The SMILES string of the molecule is Cc1cccn2cc(COC(=O)c3c4c(nc5ccccc35)CC[C@H](C)C4)nc12. The molecule has 0 fully saturated rings. The fourth-order valence-corrected chi connectivity index (χ4v) is 4.28. The number of aromatic nitrogens is 3. The van der Waals surface area contributed by atoms with E-state index in [-0.39, 0.29) is 12.6 Å². The first-order valence-electron chi connectivity index (χ1n) is 10.1. The Labute approximate surface area is 169 Å². The van der Waals surface area contributed by atoms with Gasteiger partial charge in [-0.15, -0.1) is 0 Å². The number of carbonyl (C=O) groups is 1. The molecule has 0 spiro atoms. The number of nitrogens with zero attached hydrogens (tertiary/aromatic N) is 3. The molecule has 1 atom stereocenters. The minimum absolute atomic E-state index is 0.154. The number of carbonyl (C=O) groups excluding carboxylic acids is 1. The van der Waals surface area contributed by atoms with Gasteiger partial charge in [-0.25, -0.2) is 9.78 Å². The molecule has 5 rings (SSSR count). The summed E-state index contributed by atoms with van der Waals surface area (Å²) in [5.74, 6) is 0.251. The molecule has 146 valence electrons. The fraction of sp³-hybridized carbons (Fsp3) is 0.292. The van der Waals surface area contributed by atoms with Gasteiger partial charge in [0.1, 0.15) is 12.3 Å². The molecule has 1 aliphatic carbocycles. The molecule has 0 unspecified atom stereocenters. The highest BCUT2D eigenvalue weighted by Crippen LogP contribution is 2.32. The van der Waals surface area contributed by atoms with Gasteiger partial charge in [-0.1, -0.05) is 31.2 Å². The van der Waals surface area contributed by atoms with Gasteiger partial charge in [-0.3, -0.25) is 4.98 Å². The molecule has 0 saturated carbocycles. The second-order valence-electron chi connectivity index (χ2n) is 8.01. The molecular weight excluding hydrogens is 362 g/mol. The standard InChI is InChI=1S/C24H23N3O2/c1-15-9-10-21-19(12-15)22(18-7-3-4-8-20(18)26-21)24(28)29-14-17-13-27-11-5-6-16(2)23(27)25-17/h3-8,11,13,15H,9-10,12,14H2,1-2H3/t15-/m0/s1. The zero-order valence-corrected chi connectivity index (χ0v) is 16.7. The first kappa shape index (κ1) is 17.9. The smallest absolute Gasteiger partial charge is 0.339 e. The minimum Gasteiger partial charge on any atom is -0.455 e. The summed E-state index contributed by atoms with van der Waals surface area (Å²) in [7, 11) is 0. The van der Waals surface area contributed by atoms with E-state index in [4.69, 9.17) is 9.72 Å². The Morgan fingerprint density at radius 1 is 1.21 bits per heavy atom. The third kappa shape index (κ3) is 3.16. The molecule has 4 aromatic rings. The summed E-state index contributed by atoms with van der Waals surface area (Å²) < 4.78 is 7.71. The zero-order valence-electron chi connectivity index (χ0n) is 16.7. The molecule has 0 bridgehead atoms. The van der Waals surface area contributed by atoms with Gasteiger partial charge in [0.25, 0.3) is 0 Å². The molecule has 0 aliphatic heterocycles. The first-order valence-corrected chi connectivity index (χ1v) is 10.1. The lowest BCUT2D eigenvalue weighted by molar-refractivity contribution is 0.0468. The van der Waals surface area contributed by atoms with Crippen LogP contribution in [-0.2, 0) is 24.2 Å². The van der Waals surface area contributed by atoms with Gasteiger partial charge in [-0.05, 0) is 55.4 Å². The van der Waals surface area contributed by atoms with Crippen molar-refractivity contribution in [1.82, 2.24) is 14.4 Å². The van der Waals surface area contributed by atoms with E-state index in [9.17, 15) is 4.79 Å². The van der Waals surface area contributed by atoms with E-state index >= 15 is 0 Å². The Hall–Kier alpha value is -3.21. The molecular formula is C24H23N3O2. The van der Waals surface area contributed by atoms with Crippen LogP contribution in [0, 0.1) is 12.8 Å². The van der Waals surface area contributed by atoms with E-state index < -0.39 is 0 Å². The Morgan fingerprint density at radius 3 is 2.93 bits per heavy atom. The number of hydrogen-bond acceptors (Lipinski definition) is 4. The number of hydrogen-bond donors (Lipinski definition) is 0. The summed E-state index contributed by atoms with van der Waals surface area (Å²) in [6.07, 6.45) is 6.75. The number of imidazole rings is 1. The van der Waals surface area contributed by atoms with Crippen molar-refractivity contribution in [2.75, 3.05) is 0 Å². The van der Waals surface area contributed by atoms with Crippen LogP contribution in [0.15, 0.2) is 48.8 Å². The lowest BCUT2D eigenvalue weighted by atomic mass is 9.84. The summed E-state index contributed by atoms with van der Waals surface area (Å²) in [5.41, 5.74) is 6.35. The monoisotopic (exact) mass is 385 g/mol. The predicted octanol–water partition coefficient (Wildman–Crippen LogP) is 4.67. The minimum atomic E-state index is -0.289. The molecule has 1 aromatic carbocycles. The van der Waals surface area contributed by atoms with E-state index in [0.29, 0.717) is 11.5 Å². The van der Waals surface area contributed by atoms with Gasteiger partial charge in [0.2, 0.25) is 0 Å². The topological polar surface area (TPSA) is 56.5 Å². The highest BCUT2D eigenvalue weighted by Gasteiger charge is 2.26. The predicted molar refractivity (Wildman–Crippen MR) is 112 cm³/mol. The van der Waals surface area contributed by atoms with Crippen LogP contribution in [-0.4, -0.2) is 20.3 Å². The number of ether oxygens (including phenoxy) is 1. The quantitative estimate of drug-likeness (QED) is 0.481. The normalized spacial score (nSPS) is 16.1. The average molecular weight is 385 g/mol. The van der Waals surface area contributed by atoms with Crippen molar-refractivity contribution in [3.8, 4) is 0 Å².